The van der Waals surface area contributed by atoms with Gasteiger partial charge >= 0.3 is 0 Å². The molecule has 0 saturated carbocycles. The maximum absolute atomic E-state index is 12.1. The lowest BCUT2D eigenvalue weighted by Gasteiger charge is -2.15. The van der Waals surface area contributed by atoms with Gasteiger partial charge in [-0.05, 0) is 49.7 Å². The molecule has 0 amide bonds. The molecular formula is C26H44O3S. The van der Waals surface area contributed by atoms with E-state index in [0.29, 0.717) is 0 Å². The van der Waals surface area contributed by atoms with E-state index in [1.54, 1.807) is 30.3 Å². The molecule has 0 bridgehead atoms. The van der Waals surface area contributed by atoms with Crippen molar-refractivity contribution in [1.29, 1.82) is 0 Å². The van der Waals surface area contributed by atoms with Gasteiger partial charge < -0.3 is 0 Å². The van der Waals surface area contributed by atoms with Crippen LogP contribution in [0.25, 0.3) is 0 Å². The number of hydrogen-bond donors (Lipinski definition) is 0. The molecule has 1 aromatic rings. The molecule has 0 radical (unpaired) electrons. The van der Waals surface area contributed by atoms with E-state index in [1.165, 1.54) is 50.5 Å². The second-order valence-electron chi connectivity index (χ2n) is 9.46. The van der Waals surface area contributed by atoms with Gasteiger partial charge in [-0.15, -0.1) is 0 Å². The van der Waals surface area contributed by atoms with Crippen LogP contribution in [0.2, 0.25) is 0 Å². The van der Waals surface area contributed by atoms with Gasteiger partial charge in [-0.25, -0.2) is 0 Å². The third-order valence-corrected chi connectivity index (χ3v) is 7.12. The molecule has 0 saturated heterocycles. The van der Waals surface area contributed by atoms with Crippen molar-refractivity contribution in [2.24, 2.45) is 17.8 Å². The standard InChI is InChI=1S/C26H44O3S/c1-22(2)12-9-13-23(3)14-10-15-24(4)16-11-17-25(5)20-21-29-30(27,28)26-18-7-6-8-19-26/h6-8,18-20,22-24H,9-17,21H2,1-5H3. The molecule has 2 unspecified atom stereocenters. The van der Waals surface area contributed by atoms with Gasteiger partial charge in [0, 0.05) is 0 Å². The lowest BCUT2D eigenvalue weighted by Crippen LogP contribution is -2.06. The summed E-state index contributed by atoms with van der Waals surface area (Å²) in [7, 11) is -3.66. The predicted molar refractivity (Wildman–Crippen MR) is 128 cm³/mol. The summed E-state index contributed by atoms with van der Waals surface area (Å²) in [5, 5.41) is 0. The Bertz CT molecular complexity index is 692. The third kappa shape index (κ3) is 12.5. The molecule has 2 atom stereocenters. The van der Waals surface area contributed by atoms with Gasteiger partial charge in [0.2, 0.25) is 0 Å². The van der Waals surface area contributed by atoms with Crippen molar-refractivity contribution in [3.05, 3.63) is 42.0 Å². The summed E-state index contributed by atoms with van der Waals surface area (Å²) in [6.45, 7) is 11.5. The lowest BCUT2D eigenvalue weighted by atomic mass is 9.91. The molecule has 172 valence electrons. The molecular weight excluding hydrogens is 392 g/mol. The van der Waals surface area contributed by atoms with Gasteiger partial charge in [0.05, 0.1) is 11.5 Å². The van der Waals surface area contributed by atoms with Crippen LogP contribution in [0.1, 0.15) is 92.4 Å². The molecule has 0 heterocycles. The number of benzene rings is 1. The zero-order valence-corrected chi connectivity index (χ0v) is 20.7. The summed E-state index contributed by atoms with van der Waals surface area (Å²) in [5.74, 6) is 2.44. The van der Waals surface area contributed by atoms with E-state index in [1.807, 2.05) is 6.08 Å². The Morgan fingerprint density at radius 2 is 1.40 bits per heavy atom. The zero-order valence-electron chi connectivity index (χ0n) is 19.9. The quantitative estimate of drug-likeness (QED) is 0.196. The van der Waals surface area contributed by atoms with Crippen LogP contribution < -0.4 is 0 Å². The molecule has 0 aliphatic carbocycles. The van der Waals surface area contributed by atoms with Gasteiger partial charge in [0.1, 0.15) is 0 Å². The normalized spacial score (nSPS) is 14.8. The van der Waals surface area contributed by atoms with Crippen LogP contribution >= 0.6 is 0 Å². The smallest absolute Gasteiger partial charge is 0.262 e. The van der Waals surface area contributed by atoms with E-state index in [9.17, 15) is 8.42 Å². The fourth-order valence-corrected chi connectivity index (χ4v) is 4.60. The largest absolute Gasteiger partial charge is 0.297 e. The highest BCUT2D eigenvalue weighted by Crippen LogP contribution is 2.22. The maximum atomic E-state index is 12.1. The average Bonchev–Trinajstić information content (AvgIpc) is 2.68. The van der Waals surface area contributed by atoms with E-state index in [0.717, 1.165) is 30.6 Å². The molecule has 0 N–H and O–H groups in total. The molecule has 0 spiro atoms. The minimum absolute atomic E-state index is 0.104. The number of allylic oxidation sites excluding steroid dienone is 1. The van der Waals surface area contributed by atoms with Crippen molar-refractivity contribution < 1.29 is 12.6 Å². The summed E-state index contributed by atoms with van der Waals surface area (Å²) in [5.41, 5.74) is 1.20. The second kappa shape index (κ2) is 14.8. The van der Waals surface area contributed by atoms with E-state index >= 15 is 0 Å². The third-order valence-electron chi connectivity index (χ3n) is 5.83. The Morgan fingerprint density at radius 1 is 0.867 bits per heavy atom. The molecule has 0 aromatic heterocycles. The molecule has 4 heteroatoms. The fraction of sp³-hybridized carbons (Fsp3) is 0.692. The fourth-order valence-electron chi connectivity index (χ4n) is 3.73. The predicted octanol–water partition coefficient (Wildman–Crippen LogP) is 7.78. The first-order chi connectivity index (χ1) is 14.2. The molecule has 1 rings (SSSR count). The van der Waals surface area contributed by atoms with Crippen LogP contribution in [0.15, 0.2) is 46.9 Å². The lowest BCUT2D eigenvalue weighted by molar-refractivity contribution is 0.356. The van der Waals surface area contributed by atoms with Crippen LogP contribution in [0.5, 0.6) is 0 Å². The van der Waals surface area contributed by atoms with Crippen molar-refractivity contribution >= 4 is 10.1 Å². The monoisotopic (exact) mass is 436 g/mol. The molecule has 3 nitrogen and oxygen atoms in total. The van der Waals surface area contributed by atoms with Gasteiger partial charge in [0.15, 0.2) is 0 Å². The Morgan fingerprint density at radius 3 is 1.97 bits per heavy atom. The first-order valence-corrected chi connectivity index (χ1v) is 13.2. The first kappa shape index (κ1) is 26.9. The molecule has 0 fully saturated rings. The van der Waals surface area contributed by atoms with Crippen molar-refractivity contribution in [2.75, 3.05) is 6.61 Å². The highest BCUT2D eigenvalue weighted by Gasteiger charge is 2.13. The van der Waals surface area contributed by atoms with Gasteiger partial charge in [-0.1, -0.05) is 102 Å². The molecule has 0 aliphatic heterocycles. The highest BCUT2D eigenvalue weighted by molar-refractivity contribution is 7.86. The second-order valence-corrected chi connectivity index (χ2v) is 11.1. The Hall–Kier alpha value is -1.13. The van der Waals surface area contributed by atoms with E-state index in [-0.39, 0.29) is 11.5 Å². The number of hydrogen-bond acceptors (Lipinski definition) is 3. The van der Waals surface area contributed by atoms with Crippen LogP contribution in [0.4, 0.5) is 0 Å². The van der Waals surface area contributed by atoms with Crippen molar-refractivity contribution in [3.8, 4) is 0 Å². The van der Waals surface area contributed by atoms with Crippen molar-refractivity contribution in [2.45, 2.75) is 97.3 Å². The first-order valence-electron chi connectivity index (χ1n) is 11.8. The van der Waals surface area contributed by atoms with Gasteiger partial charge in [-0.3, -0.25) is 4.18 Å². The zero-order chi connectivity index (χ0) is 22.4. The van der Waals surface area contributed by atoms with Crippen LogP contribution in [-0.2, 0) is 14.3 Å². The summed E-state index contributed by atoms with van der Waals surface area (Å²) in [6, 6.07) is 8.30. The van der Waals surface area contributed by atoms with Crippen LogP contribution in [0.3, 0.4) is 0 Å². The summed E-state index contributed by atoms with van der Waals surface area (Å²) in [4.78, 5) is 0.208. The molecule has 0 aliphatic rings. The summed E-state index contributed by atoms with van der Waals surface area (Å²) >= 11 is 0. The van der Waals surface area contributed by atoms with E-state index < -0.39 is 10.1 Å². The summed E-state index contributed by atoms with van der Waals surface area (Å²) < 4.78 is 29.3. The Kier molecular flexibility index (Phi) is 13.3. The van der Waals surface area contributed by atoms with Crippen molar-refractivity contribution in [1.82, 2.24) is 0 Å². The van der Waals surface area contributed by atoms with E-state index in [2.05, 4.69) is 34.6 Å². The van der Waals surface area contributed by atoms with Crippen molar-refractivity contribution in [3.63, 3.8) is 0 Å². The summed E-state index contributed by atoms with van der Waals surface area (Å²) in [6.07, 6.45) is 13.4. The van der Waals surface area contributed by atoms with Crippen LogP contribution in [-0.4, -0.2) is 15.0 Å². The van der Waals surface area contributed by atoms with Gasteiger partial charge in [-0.2, -0.15) is 8.42 Å². The average molecular weight is 437 g/mol. The Labute approximate surface area is 186 Å². The molecule has 30 heavy (non-hydrogen) atoms. The highest BCUT2D eigenvalue weighted by atomic mass is 32.2. The number of rotatable bonds is 16. The minimum atomic E-state index is -3.66. The molecule has 1 aromatic carbocycles. The van der Waals surface area contributed by atoms with Gasteiger partial charge in [0.25, 0.3) is 10.1 Å². The Balaban J connectivity index is 2.15. The maximum Gasteiger partial charge on any atom is 0.297 e. The topological polar surface area (TPSA) is 43.4 Å². The van der Waals surface area contributed by atoms with Crippen LogP contribution in [0, 0.1) is 17.8 Å². The van der Waals surface area contributed by atoms with E-state index in [4.69, 9.17) is 4.18 Å². The minimum Gasteiger partial charge on any atom is -0.262 e. The SMILES string of the molecule is CC(=CCOS(=O)(=O)c1ccccc1)CCCC(C)CCCC(C)CCCC(C)C.